The zero-order chi connectivity index (χ0) is 14.7. The highest BCUT2D eigenvalue weighted by Gasteiger charge is 2.02. The van der Waals surface area contributed by atoms with Crippen LogP contribution in [0.4, 0.5) is 5.82 Å². The molecule has 2 aromatic carbocycles. The molecule has 3 rings (SSSR count). The number of fused-ring (bicyclic) bond motifs is 1. The summed E-state index contributed by atoms with van der Waals surface area (Å²) in [6, 6.07) is 17.8. The van der Waals surface area contributed by atoms with Crippen molar-refractivity contribution in [1.82, 2.24) is 4.98 Å². The van der Waals surface area contributed by atoms with Gasteiger partial charge in [-0.1, -0.05) is 48.5 Å². The minimum Gasteiger partial charge on any atom is -0.365 e. The minimum atomic E-state index is 0.0882. The van der Waals surface area contributed by atoms with Gasteiger partial charge in [-0.15, -0.1) is 0 Å². The van der Waals surface area contributed by atoms with Gasteiger partial charge in [0.1, 0.15) is 5.82 Å². The average Bonchev–Trinajstić information content (AvgIpc) is 2.53. The van der Waals surface area contributed by atoms with Crippen LogP contribution in [0, 0.1) is 0 Å². The molecule has 3 nitrogen and oxygen atoms in total. The number of hydrogen-bond donors (Lipinski definition) is 1. The maximum absolute atomic E-state index is 11.3. The van der Waals surface area contributed by atoms with E-state index in [-0.39, 0.29) is 5.78 Å². The van der Waals surface area contributed by atoms with Crippen LogP contribution in [-0.2, 0) is 6.54 Å². The molecule has 1 aromatic heterocycles. The van der Waals surface area contributed by atoms with E-state index in [9.17, 15) is 4.79 Å². The normalized spacial score (nSPS) is 10.5. The number of pyridine rings is 1. The largest absolute Gasteiger partial charge is 0.365 e. The van der Waals surface area contributed by atoms with E-state index in [0.717, 1.165) is 22.3 Å². The number of benzene rings is 2. The van der Waals surface area contributed by atoms with E-state index in [2.05, 4.69) is 22.4 Å². The summed E-state index contributed by atoms with van der Waals surface area (Å²) in [5.41, 5.74) is 1.86. The zero-order valence-electron chi connectivity index (χ0n) is 11.8. The molecule has 0 saturated carbocycles. The van der Waals surface area contributed by atoms with Gasteiger partial charge in [0.15, 0.2) is 5.78 Å². The smallest absolute Gasteiger partial charge is 0.159 e. The van der Waals surface area contributed by atoms with Crippen LogP contribution < -0.4 is 5.32 Å². The fourth-order valence-corrected chi connectivity index (χ4v) is 2.30. The number of anilines is 1. The zero-order valence-corrected chi connectivity index (χ0v) is 11.8. The molecule has 1 heterocycles. The molecule has 0 aliphatic rings. The molecule has 0 atom stereocenters. The average molecular weight is 276 g/mol. The number of carbonyl (C=O) groups excluding carboxylic acids is 1. The van der Waals surface area contributed by atoms with Crippen LogP contribution in [0.5, 0.6) is 0 Å². The molecule has 0 spiro atoms. The first-order valence-electron chi connectivity index (χ1n) is 6.91. The first kappa shape index (κ1) is 13.3. The van der Waals surface area contributed by atoms with Gasteiger partial charge in [-0.2, -0.15) is 0 Å². The van der Waals surface area contributed by atoms with Gasteiger partial charge in [0.05, 0.1) is 0 Å². The molecule has 104 valence electrons. The first-order chi connectivity index (χ1) is 10.2. The van der Waals surface area contributed by atoms with Crippen LogP contribution in [0.15, 0.2) is 60.8 Å². The van der Waals surface area contributed by atoms with Gasteiger partial charge in [0, 0.05) is 23.7 Å². The van der Waals surface area contributed by atoms with Crippen molar-refractivity contribution in [2.75, 3.05) is 5.32 Å². The van der Waals surface area contributed by atoms with Gasteiger partial charge < -0.3 is 5.32 Å². The van der Waals surface area contributed by atoms with Crippen molar-refractivity contribution in [2.24, 2.45) is 0 Å². The van der Waals surface area contributed by atoms with Gasteiger partial charge in [-0.3, -0.25) is 4.79 Å². The van der Waals surface area contributed by atoms with Crippen LogP contribution in [0.3, 0.4) is 0 Å². The van der Waals surface area contributed by atoms with Crippen LogP contribution in [-0.4, -0.2) is 10.8 Å². The van der Waals surface area contributed by atoms with Gasteiger partial charge >= 0.3 is 0 Å². The van der Waals surface area contributed by atoms with E-state index in [4.69, 9.17) is 0 Å². The molecule has 0 saturated heterocycles. The van der Waals surface area contributed by atoms with Crippen LogP contribution >= 0.6 is 0 Å². The highest BCUT2D eigenvalue weighted by molar-refractivity contribution is 5.94. The Balaban J connectivity index is 1.79. The first-order valence-corrected chi connectivity index (χ1v) is 6.91. The van der Waals surface area contributed by atoms with Crippen molar-refractivity contribution in [2.45, 2.75) is 13.5 Å². The number of carbonyl (C=O) groups is 1. The number of nitrogens with one attached hydrogen (secondary N) is 1. The predicted molar refractivity (Wildman–Crippen MR) is 85.5 cm³/mol. The summed E-state index contributed by atoms with van der Waals surface area (Å²) in [7, 11) is 0. The molecule has 21 heavy (non-hydrogen) atoms. The standard InChI is InChI=1S/C18H16N2O/c1-13(21)15-8-6-14(7-9-15)12-20-18-17-5-3-2-4-16(17)10-11-19-18/h2-11H,12H2,1H3,(H,19,20). The van der Waals surface area contributed by atoms with Crippen molar-refractivity contribution in [3.05, 3.63) is 71.9 Å². The molecular formula is C18H16N2O. The summed E-state index contributed by atoms with van der Waals surface area (Å²) in [5, 5.41) is 5.64. The van der Waals surface area contributed by atoms with E-state index in [0.29, 0.717) is 6.54 Å². The fourth-order valence-electron chi connectivity index (χ4n) is 2.30. The fraction of sp³-hybridized carbons (Fsp3) is 0.111. The van der Waals surface area contributed by atoms with Crippen LogP contribution in [0.1, 0.15) is 22.8 Å². The highest BCUT2D eigenvalue weighted by atomic mass is 16.1. The monoisotopic (exact) mass is 276 g/mol. The molecule has 3 heteroatoms. The summed E-state index contributed by atoms with van der Waals surface area (Å²) in [6.45, 7) is 2.26. The Labute approximate surface area is 123 Å². The number of hydrogen-bond acceptors (Lipinski definition) is 3. The molecular weight excluding hydrogens is 260 g/mol. The summed E-state index contributed by atoms with van der Waals surface area (Å²) < 4.78 is 0. The Morgan fingerprint density at radius 2 is 1.81 bits per heavy atom. The Bertz CT molecular complexity index is 773. The third-order valence-electron chi connectivity index (χ3n) is 3.49. The molecule has 0 bridgehead atoms. The molecule has 0 aliphatic heterocycles. The Kier molecular flexibility index (Phi) is 3.65. The molecule has 0 radical (unpaired) electrons. The van der Waals surface area contributed by atoms with Crippen molar-refractivity contribution in [3.8, 4) is 0 Å². The van der Waals surface area contributed by atoms with Crippen LogP contribution in [0.25, 0.3) is 10.8 Å². The predicted octanol–water partition coefficient (Wildman–Crippen LogP) is 4.05. The number of aromatic nitrogens is 1. The number of rotatable bonds is 4. The molecule has 0 fully saturated rings. The molecule has 0 aliphatic carbocycles. The summed E-state index contributed by atoms with van der Waals surface area (Å²) in [6.07, 6.45) is 1.81. The number of ketones is 1. The highest BCUT2D eigenvalue weighted by Crippen LogP contribution is 2.20. The lowest BCUT2D eigenvalue weighted by atomic mass is 10.1. The molecule has 1 N–H and O–H groups in total. The second kappa shape index (κ2) is 5.75. The van der Waals surface area contributed by atoms with Crippen molar-refractivity contribution >= 4 is 22.4 Å². The van der Waals surface area contributed by atoms with E-state index in [1.807, 2.05) is 48.7 Å². The second-order valence-electron chi connectivity index (χ2n) is 4.99. The second-order valence-corrected chi connectivity index (χ2v) is 4.99. The van der Waals surface area contributed by atoms with E-state index < -0.39 is 0 Å². The van der Waals surface area contributed by atoms with Crippen molar-refractivity contribution < 1.29 is 4.79 Å². The minimum absolute atomic E-state index is 0.0882. The topological polar surface area (TPSA) is 42.0 Å². The van der Waals surface area contributed by atoms with Gasteiger partial charge in [0.25, 0.3) is 0 Å². The Hall–Kier alpha value is -2.68. The molecule has 3 aromatic rings. The Morgan fingerprint density at radius 1 is 1.05 bits per heavy atom. The summed E-state index contributed by atoms with van der Waals surface area (Å²) >= 11 is 0. The summed E-state index contributed by atoms with van der Waals surface area (Å²) in [4.78, 5) is 15.7. The third-order valence-corrected chi connectivity index (χ3v) is 3.49. The van der Waals surface area contributed by atoms with Crippen molar-refractivity contribution in [3.63, 3.8) is 0 Å². The van der Waals surface area contributed by atoms with E-state index in [1.54, 1.807) is 6.92 Å². The third kappa shape index (κ3) is 2.92. The van der Waals surface area contributed by atoms with E-state index >= 15 is 0 Å². The van der Waals surface area contributed by atoms with Gasteiger partial charge in [0.2, 0.25) is 0 Å². The SMILES string of the molecule is CC(=O)c1ccc(CNc2nccc3ccccc23)cc1. The number of Topliss-reactive ketones (excluding diaryl/α,β-unsaturated/α-hetero) is 1. The maximum Gasteiger partial charge on any atom is 0.159 e. The molecule has 0 amide bonds. The lowest BCUT2D eigenvalue weighted by molar-refractivity contribution is 0.101. The van der Waals surface area contributed by atoms with Crippen molar-refractivity contribution in [1.29, 1.82) is 0 Å². The van der Waals surface area contributed by atoms with Crippen LogP contribution in [0.2, 0.25) is 0 Å². The summed E-state index contributed by atoms with van der Waals surface area (Å²) in [5.74, 6) is 0.967. The van der Waals surface area contributed by atoms with Gasteiger partial charge in [-0.05, 0) is 23.9 Å². The Morgan fingerprint density at radius 3 is 2.57 bits per heavy atom. The quantitative estimate of drug-likeness (QED) is 0.731. The van der Waals surface area contributed by atoms with E-state index in [1.165, 1.54) is 5.39 Å². The number of nitrogens with zero attached hydrogens (tertiary/aromatic N) is 1. The lowest BCUT2D eigenvalue weighted by Crippen LogP contribution is -2.02. The maximum atomic E-state index is 11.3. The molecule has 0 unspecified atom stereocenters. The lowest BCUT2D eigenvalue weighted by Gasteiger charge is -2.09. The van der Waals surface area contributed by atoms with Gasteiger partial charge in [-0.25, -0.2) is 4.98 Å².